The largest absolute Gasteiger partial charge is 0.507 e. The van der Waals surface area contributed by atoms with Gasteiger partial charge < -0.3 is 10.0 Å². The second-order valence-corrected chi connectivity index (χ2v) is 2.98. The monoisotopic (exact) mass is 197 g/mol. The maximum Gasteiger partial charge on any atom is 0.257 e. The third-order valence-corrected chi connectivity index (χ3v) is 2.01. The molecule has 14 heavy (non-hydrogen) atoms. The van der Waals surface area contributed by atoms with Gasteiger partial charge in [-0.05, 0) is 19.1 Å². The Morgan fingerprint density at radius 3 is 2.71 bits per heavy atom. The van der Waals surface area contributed by atoms with Crippen LogP contribution in [0.1, 0.15) is 17.3 Å². The van der Waals surface area contributed by atoms with Gasteiger partial charge in [0.1, 0.15) is 11.6 Å². The molecule has 1 aromatic carbocycles. The minimum Gasteiger partial charge on any atom is -0.507 e. The van der Waals surface area contributed by atoms with Crippen molar-refractivity contribution >= 4 is 5.91 Å². The third kappa shape index (κ3) is 2.02. The summed E-state index contributed by atoms with van der Waals surface area (Å²) in [5.41, 5.74) is 0.121. The van der Waals surface area contributed by atoms with E-state index in [1.807, 2.05) is 6.92 Å². The number of benzene rings is 1. The maximum atomic E-state index is 12.6. The maximum absolute atomic E-state index is 12.6. The molecule has 0 spiro atoms. The molecule has 0 atom stereocenters. The number of amides is 1. The molecule has 3 nitrogen and oxygen atoms in total. The Kier molecular flexibility index (Phi) is 3.06. The number of halogens is 1. The number of rotatable bonds is 2. The number of phenols is 1. The van der Waals surface area contributed by atoms with E-state index in [1.165, 1.54) is 11.0 Å². The first-order chi connectivity index (χ1) is 6.56. The van der Waals surface area contributed by atoms with E-state index in [0.717, 1.165) is 12.1 Å². The van der Waals surface area contributed by atoms with E-state index in [1.54, 1.807) is 7.05 Å². The number of hydrogen-bond acceptors (Lipinski definition) is 2. The molecule has 0 saturated carbocycles. The first kappa shape index (κ1) is 10.5. The predicted molar refractivity (Wildman–Crippen MR) is 50.7 cm³/mol. The highest BCUT2D eigenvalue weighted by molar-refractivity contribution is 5.96. The summed E-state index contributed by atoms with van der Waals surface area (Å²) >= 11 is 0. The van der Waals surface area contributed by atoms with Crippen molar-refractivity contribution in [3.63, 3.8) is 0 Å². The Bertz CT molecular complexity index is 352. The van der Waals surface area contributed by atoms with Crippen molar-refractivity contribution in [1.29, 1.82) is 0 Å². The lowest BCUT2D eigenvalue weighted by atomic mass is 10.1. The predicted octanol–water partition coefficient (Wildman–Crippen LogP) is 1.62. The number of carbonyl (C=O) groups excluding carboxylic acids is 1. The van der Waals surface area contributed by atoms with Crippen molar-refractivity contribution in [2.45, 2.75) is 6.92 Å². The fourth-order valence-corrected chi connectivity index (χ4v) is 1.03. The number of phenolic OH excluding ortho intramolecular Hbond substituents is 1. The third-order valence-electron chi connectivity index (χ3n) is 2.01. The number of aromatic hydroxyl groups is 1. The average molecular weight is 197 g/mol. The summed E-state index contributed by atoms with van der Waals surface area (Å²) in [7, 11) is 1.62. The van der Waals surface area contributed by atoms with E-state index in [-0.39, 0.29) is 17.2 Å². The van der Waals surface area contributed by atoms with Gasteiger partial charge in [0.15, 0.2) is 0 Å². The summed E-state index contributed by atoms with van der Waals surface area (Å²) in [5.74, 6) is -1.20. The van der Waals surface area contributed by atoms with E-state index in [4.69, 9.17) is 0 Å². The Hall–Kier alpha value is -1.58. The van der Waals surface area contributed by atoms with Crippen LogP contribution >= 0.6 is 0 Å². The SMILES string of the molecule is CCN(C)C(=O)c1ccc(F)cc1O. The molecule has 0 aliphatic heterocycles. The lowest BCUT2D eigenvalue weighted by Crippen LogP contribution is -2.26. The molecule has 1 N–H and O–H groups in total. The molecule has 4 heteroatoms. The van der Waals surface area contributed by atoms with Crippen molar-refractivity contribution in [3.05, 3.63) is 29.6 Å². The summed E-state index contributed by atoms with van der Waals surface area (Å²) in [5, 5.41) is 9.32. The van der Waals surface area contributed by atoms with Crippen molar-refractivity contribution in [2.24, 2.45) is 0 Å². The Balaban J connectivity index is 3.02. The first-order valence-corrected chi connectivity index (χ1v) is 4.30. The molecule has 0 heterocycles. The zero-order chi connectivity index (χ0) is 10.7. The summed E-state index contributed by atoms with van der Waals surface area (Å²) in [6.45, 7) is 2.36. The van der Waals surface area contributed by atoms with Gasteiger partial charge in [-0.2, -0.15) is 0 Å². The molecule has 1 aromatic rings. The lowest BCUT2D eigenvalue weighted by molar-refractivity contribution is 0.0799. The Morgan fingerprint density at radius 1 is 1.57 bits per heavy atom. The fourth-order valence-electron chi connectivity index (χ4n) is 1.03. The molecule has 0 aromatic heterocycles. The Morgan fingerprint density at radius 2 is 2.21 bits per heavy atom. The van der Waals surface area contributed by atoms with Gasteiger partial charge in [-0.15, -0.1) is 0 Å². The molecule has 0 saturated heterocycles. The van der Waals surface area contributed by atoms with Gasteiger partial charge in [-0.25, -0.2) is 4.39 Å². The topological polar surface area (TPSA) is 40.5 Å². The van der Waals surface area contributed by atoms with Gasteiger partial charge in [0.2, 0.25) is 0 Å². The van der Waals surface area contributed by atoms with Crippen LogP contribution in [-0.4, -0.2) is 29.5 Å². The minimum atomic E-state index is -0.557. The van der Waals surface area contributed by atoms with Crippen LogP contribution in [0, 0.1) is 5.82 Å². The average Bonchev–Trinajstić information content (AvgIpc) is 2.15. The van der Waals surface area contributed by atoms with Crippen LogP contribution in [0.25, 0.3) is 0 Å². The quantitative estimate of drug-likeness (QED) is 0.782. The van der Waals surface area contributed by atoms with Gasteiger partial charge >= 0.3 is 0 Å². The summed E-state index contributed by atoms with van der Waals surface area (Å²) < 4.78 is 12.6. The van der Waals surface area contributed by atoms with Crippen molar-refractivity contribution < 1.29 is 14.3 Å². The van der Waals surface area contributed by atoms with Gasteiger partial charge in [-0.3, -0.25) is 4.79 Å². The van der Waals surface area contributed by atoms with Crippen LogP contribution < -0.4 is 0 Å². The molecule has 0 unspecified atom stereocenters. The van der Waals surface area contributed by atoms with Crippen LogP contribution in [0.2, 0.25) is 0 Å². The molecule has 76 valence electrons. The fraction of sp³-hybridized carbons (Fsp3) is 0.300. The number of carbonyl (C=O) groups is 1. The normalized spacial score (nSPS) is 9.93. The molecule has 1 amide bonds. The minimum absolute atomic E-state index is 0.121. The van der Waals surface area contributed by atoms with Crippen molar-refractivity contribution in [2.75, 3.05) is 13.6 Å². The van der Waals surface area contributed by atoms with Crippen LogP contribution in [0.5, 0.6) is 5.75 Å². The van der Waals surface area contributed by atoms with Gasteiger partial charge in [0.25, 0.3) is 5.91 Å². The Labute approximate surface area is 81.8 Å². The highest BCUT2D eigenvalue weighted by atomic mass is 19.1. The number of hydrogen-bond donors (Lipinski definition) is 1. The molecular formula is C10H12FNO2. The van der Waals surface area contributed by atoms with Crippen molar-refractivity contribution in [3.8, 4) is 5.75 Å². The molecular weight excluding hydrogens is 185 g/mol. The number of nitrogens with zero attached hydrogens (tertiary/aromatic N) is 1. The van der Waals surface area contributed by atoms with Gasteiger partial charge in [0.05, 0.1) is 5.56 Å². The molecule has 0 radical (unpaired) electrons. The zero-order valence-electron chi connectivity index (χ0n) is 8.12. The lowest BCUT2D eigenvalue weighted by Gasteiger charge is -2.14. The standard InChI is InChI=1S/C10H12FNO2/c1-3-12(2)10(14)8-5-4-7(11)6-9(8)13/h4-6,13H,3H2,1-2H3. The zero-order valence-corrected chi connectivity index (χ0v) is 8.12. The highest BCUT2D eigenvalue weighted by Crippen LogP contribution is 2.19. The second kappa shape index (κ2) is 4.09. The summed E-state index contributed by atoms with van der Waals surface area (Å²) in [6, 6.07) is 3.35. The second-order valence-electron chi connectivity index (χ2n) is 2.98. The summed E-state index contributed by atoms with van der Waals surface area (Å²) in [4.78, 5) is 13.0. The van der Waals surface area contributed by atoms with E-state index < -0.39 is 5.82 Å². The van der Waals surface area contributed by atoms with Gasteiger partial charge in [-0.1, -0.05) is 0 Å². The summed E-state index contributed by atoms with van der Waals surface area (Å²) in [6.07, 6.45) is 0. The molecule has 1 rings (SSSR count). The first-order valence-electron chi connectivity index (χ1n) is 4.30. The van der Waals surface area contributed by atoms with E-state index in [9.17, 15) is 14.3 Å². The van der Waals surface area contributed by atoms with E-state index >= 15 is 0 Å². The van der Waals surface area contributed by atoms with Crippen LogP contribution in [0.4, 0.5) is 4.39 Å². The van der Waals surface area contributed by atoms with Crippen molar-refractivity contribution in [1.82, 2.24) is 4.90 Å². The van der Waals surface area contributed by atoms with Crippen LogP contribution in [0.3, 0.4) is 0 Å². The molecule has 0 aliphatic carbocycles. The molecule has 0 fully saturated rings. The van der Waals surface area contributed by atoms with Gasteiger partial charge in [0, 0.05) is 19.7 Å². The smallest absolute Gasteiger partial charge is 0.257 e. The van der Waals surface area contributed by atoms with E-state index in [0.29, 0.717) is 6.54 Å². The molecule has 0 aliphatic rings. The van der Waals surface area contributed by atoms with E-state index in [2.05, 4.69) is 0 Å². The van der Waals surface area contributed by atoms with Crippen LogP contribution in [-0.2, 0) is 0 Å². The highest BCUT2D eigenvalue weighted by Gasteiger charge is 2.14. The molecule has 0 bridgehead atoms. The van der Waals surface area contributed by atoms with Crippen LogP contribution in [0.15, 0.2) is 18.2 Å².